The Morgan fingerprint density at radius 3 is 2.57 bits per heavy atom. The fraction of sp³-hybridized carbons (Fsp3) is 0.476. The largest absolute Gasteiger partial charge is 0.444 e. The molecule has 1 fully saturated rings. The van der Waals surface area contributed by atoms with Crippen LogP contribution in [0, 0.1) is 6.92 Å². The van der Waals surface area contributed by atoms with E-state index >= 15 is 0 Å². The Labute approximate surface area is 194 Å². The Kier molecular flexibility index (Phi) is 8.10. The van der Waals surface area contributed by atoms with E-state index in [9.17, 15) is 4.79 Å². The van der Waals surface area contributed by atoms with Gasteiger partial charge in [0.05, 0.1) is 18.3 Å². The highest BCUT2D eigenvalue weighted by Crippen LogP contribution is 2.19. The minimum atomic E-state index is -0.484. The first-order valence-electron chi connectivity index (χ1n) is 9.70. The van der Waals surface area contributed by atoms with E-state index in [1.807, 2.05) is 52.0 Å². The molecule has 1 aliphatic rings. The number of carbonyl (C=O) groups excluding carboxylic acids is 1. The molecule has 1 saturated heterocycles. The van der Waals surface area contributed by atoms with E-state index in [0.717, 1.165) is 11.3 Å². The lowest BCUT2D eigenvalue weighted by Gasteiger charge is -2.40. The van der Waals surface area contributed by atoms with E-state index < -0.39 is 5.60 Å². The normalized spacial score (nSPS) is 14.6. The average Bonchev–Trinajstić information content (AvgIpc) is 3.08. The lowest BCUT2D eigenvalue weighted by atomic mass is 10.1. The van der Waals surface area contributed by atoms with Crippen LogP contribution in [0.25, 0.3) is 11.5 Å². The quantitative estimate of drug-likeness (QED) is 0.359. The number of aromatic nitrogens is 1. The van der Waals surface area contributed by atoms with Gasteiger partial charge in [0.15, 0.2) is 5.96 Å². The summed E-state index contributed by atoms with van der Waals surface area (Å²) in [6.07, 6.45) is 1.35. The number of rotatable bonds is 4. The number of hydrogen-bond acceptors (Lipinski definition) is 5. The van der Waals surface area contributed by atoms with Gasteiger partial charge in [0.2, 0.25) is 5.89 Å². The van der Waals surface area contributed by atoms with E-state index in [1.165, 1.54) is 5.56 Å². The Bertz CT molecular complexity index is 868. The highest BCUT2D eigenvalue weighted by atomic mass is 127. The van der Waals surface area contributed by atoms with Gasteiger partial charge in [-0.1, -0.05) is 17.7 Å². The van der Waals surface area contributed by atoms with E-state index in [2.05, 4.69) is 20.6 Å². The van der Waals surface area contributed by atoms with Gasteiger partial charge in [-0.05, 0) is 39.8 Å². The second kappa shape index (κ2) is 10.1. The van der Waals surface area contributed by atoms with E-state index in [4.69, 9.17) is 9.15 Å². The fourth-order valence-electron chi connectivity index (χ4n) is 2.82. The van der Waals surface area contributed by atoms with E-state index in [0.29, 0.717) is 31.5 Å². The summed E-state index contributed by atoms with van der Waals surface area (Å²) in [5.74, 6) is 1.25. The molecule has 1 amide bonds. The van der Waals surface area contributed by atoms with Gasteiger partial charge in [-0.3, -0.25) is 4.99 Å². The number of oxazole rings is 1. The Morgan fingerprint density at radius 1 is 1.30 bits per heavy atom. The molecular weight excluding hydrogens is 497 g/mol. The number of nitrogens with one attached hydrogen (secondary N) is 2. The Hall–Kier alpha value is -2.30. The van der Waals surface area contributed by atoms with Crippen molar-refractivity contribution in [1.82, 2.24) is 20.5 Å². The topological polar surface area (TPSA) is 92.0 Å². The molecule has 3 rings (SSSR count). The lowest BCUT2D eigenvalue weighted by Crippen LogP contribution is -2.63. The summed E-state index contributed by atoms with van der Waals surface area (Å²) in [5, 5.41) is 6.52. The van der Waals surface area contributed by atoms with Crippen molar-refractivity contribution >= 4 is 36.0 Å². The van der Waals surface area contributed by atoms with Crippen molar-refractivity contribution in [2.24, 2.45) is 4.99 Å². The number of likely N-dealkylation sites (tertiary alicyclic amines) is 1. The number of hydrogen-bond donors (Lipinski definition) is 2. The van der Waals surface area contributed by atoms with Crippen LogP contribution in [-0.2, 0) is 11.3 Å². The van der Waals surface area contributed by atoms with Crippen molar-refractivity contribution in [3.05, 3.63) is 41.8 Å². The van der Waals surface area contributed by atoms with Gasteiger partial charge in [0, 0.05) is 25.7 Å². The number of halogens is 1. The van der Waals surface area contributed by atoms with Crippen LogP contribution in [-0.4, -0.2) is 53.7 Å². The third kappa shape index (κ3) is 6.61. The van der Waals surface area contributed by atoms with Gasteiger partial charge in [-0.2, -0.15) is 0 Å². The van der Waals surface area contributed by atoms with E-state index in [-0.39, 0.29) is 36.1 Å². The first kappa shape index (κ1) is 24.0. The SMILES string of the molecule is CN=C(NCc1coc(-c2ccc(C)cc2)n1)NC1CN(C(=O)OC(C)(C)C)C1.I. The fourth-order valence-corrected chi connectivity index (χ4v) is 2.82. The van der Waals surface area contributed by atoms with Crippen LogP contribution in [0.4, 0.5) is 4.79 Å². The molecule has 0 radical (unpaired) electrons. The standard InChI is InChI=1S/C21H29N5O3.HI/c1-14-6-8-15(9-7-14)18-24-16(13-28-18)10-23-19(22-5)25-17-11-26(12-17)20(27)29-21(2,3)4;/h6-9,13,17H,10-12H2,1-5H3,(H2,22,23,25);1H. The molecule has 164 valence electrons. The summed E-state index contributed by atoms with van der Waals surface area (Å²) >= 11 is 0. The molecule has 30 heavy (non-hydrogen) atoms. The van der Waals surface area contributed by atoms with Gasteiger partial charge in [0.1, 0.15) is 11.9 Å². The molecule has 0 saturated carbocycles. The molecule has 0 aliphatic carbocycles. The lowest BCUT2D eigenvalue weighted by molar-refractivity contribution is 0.00701. The Morgan fingerprint density at radius 2 is 1.97 bits per heavy atom. The summed E-state index contributed by atoms with van der Waals surface area (Å²) in [6.45, 7) is 9.27. The summed E-state index contributed by atoms with van der Waals surface area (Å²) in [7, 11) is 1.71. The van der Waals surface area contributed by atoms with Gasteiger partial charge in [-0.15, -0.1) is 24.0 Å². The zero-order chi connectivity index (χ0) is 21.0. The maximum Gasteiger partial charge on any atom is 0.410 e. The zero-order valence-corrected chi connectivity index (χ0v) is 20.4. The molecule has 0 unspecified atom stereocenters. The highest BCUT2D eigenvalue weighted by Gasteiger charge is 2.34. The highest BCUT2D eigenvalue weighted by molar-refractivity contribution is 14.0. The second-order valence-corrected chi connectivity index (χ2v) is 8.16. The molecule has 2 heterocycles. The van der Waals surface area contributed by atoms with Crippen LogP contribution in [0.15, 0.2) is 39.9 Å². The van der Waals surface area contributed by atoms with Gasteiger partial charge in [0.25, 0.3) is 0 Å². The number of amides is 1. The number of nitrogens with zero attached hydrogens (tertiary/aromatic N) is 3. The van der Waals surface area contributed by atoms with Crippen molar-refractivity contribution in [2.45, 2.75) is 45.9 Å². The summed E-state index contributed by atoms with van der Waals surface area (Å²) < 4.78 is 10.9. The van der Waals surface area contributed by atoms with Crippen LogP contribution in [0.3, 0.4) is 0 Å². The van der Waals surface area contributed by atoms with Crippen molar-refractivity contribution < 1.29 is 13.9 Å². The van der Waals surface area contributed by atoms with Crippen molar-refractivity contribution in [3.63, 3.8) is 0 Å². The first-order chi connectivity index (χ1) is 13.7. The maximum absolute atomic E-state index is 12.0. The molecule has 0 bridgehead atoms. The molecule has 9 heteroatoms. The third-order valence-corrected chi connectivity index (χ3v) is 4.38. The monoisotopic (exact) mass is 527 g/mol. The van der Waals surface area contributed by atoms with Crippen LogP contribution in [0.5, 0.6) is 0 Å². The molecule has 2 aromatic rings. The van der Waals surface area contributed by atoms with Crippen molar-refractivity contribution in [1.29, 1.82) is 0 Å². The molecule has 0 atom stereocenters. The Balaban J connectivity index is 0.00000320. The number of aryl methyl sites for hydroxylation is 1. The summed E-state index contributed by atoms with van der Waals surface area (Å²) in [4.78, 5) is 22.4. The van der Waals surface area contributed by atoms with Crippen molar-refractivity contribution in [3.8, 4) is 11.5 Å². The molecule has 1 aliphatic heterocycles. The number of guanidine groups is 1. The second-order valence-electron chi connectivity index (χ2n) is 8.16. The van der Waals surface area contributed by atoms with Crippen LogP contribution in [0.1, 0.15) is 32.0 Å². The summed E-state index contributed by atoms with van der Waals surface area (Å²) in [6, 6.07) is 8.18. The summed E-state index contributed by atoms with van der Waals surface area (Å²) in [5.41, 5.74) is 2.44. The van der Waals surface area contributed by atoms with Crippen LogP contribution < -0.4 is 10.6 Å². The minimum Gasteiger partial charge on any atom is -0.444 e. The molecular formula is C21H30IN5O3. The maximum atomic E-state index is 12.0. The molecule has 1 aromatic heterocycles. The van der Waals surface area contributed by atoms with Crippen molar-refractivity contribution in [2.75, 3.05) is 20.1 Å². The number of aliphatic imine (C=N–C) groups is 1. The average molecular weight is 527 g/mol. The minimum absolute atomic E-state index is 0. The van der Waals surface area contributed by atoms with Gasteiger partial charge in [-0.25, -0.2) is 9.78 Å². The number of ether oxygens (including phenoxy) is 1. The first-order valence-corrected chi connectivity index (χ1v) is 9.70. The molecule has 2 N–H and O–H groups in total. The smallest absolute Gasteiger partial charge is 0.410 e. The third-order valence-electron chi connectivity index (χ3n) is 4.38. The molecule has 0 spiro atoms. The van der Waals surface area contributed by atoms with Gasteiger partial charge >= 0.3 is 6.09 Å². The van der Waals surface area contributed by atoms with Gasteiger partial charge < -0.3 is 24.7 Å². The number of carbonyl (C=O) groups is 1. The van der Waals surface area contributed by atoms with Crippen LogP contribution >= 0.6 is 24.0 Å². The molecule has 8 nitrogen and oxygen atoms in total. The predicted octanol–water partition coefficient (Wildman–Crippen LogP) is 3.55. The van der Waals surface area contributed by atoms with Crippen LogP contribution in [0.2, 0.25) is 0 Å². The molecule has 1 aromatic carbocycles. The predicted molar refractivity (Wildman–Crippen MR) is 127 cm³/mol. The van der Waals surface area contributed by atoms with E-state index in [1.54, 1.807) is 18.2 Å². The number of benzene rings is 1. The zero-order valence-electron chi connectivity index (χ0n) is 18.1.